The van der Waals surface area contributed by atoms with Crippen LogP contribution in [0.3, 0.4) is 0 Å². The summed E-state index contributed by atoms with van der Waals surface area (Å²) in [6, 6.07) is 7.70. The Morgan fingerprint density at radius 3 is 2.23 bits per heavy atom. The van der Waals surface area contributed by atoms with E-state index >= 15 is 0 Å². The molecule has 1 heterocycles. The summed E-state index contributed by atoms with van der Waals surface area (Å²) < 4.78 is 5.47. The number of nitrogens with one attached hydrogen (secondary N) is 1. The Hall–Kier alpha value is -2.04. The van der Waals surface area contributed by atoms with Gasteiger partial charge in [-0.2, -0.15) is 0 Å². The number of hydrogen-bond acceptors (Lipinski definition) is 3. The van der Waals surface area contributed by atoms with E-state index in [1.165, 1.54) is 5.56 Å². The molecule has 0 aliphatic carbocycles. The maximum absolute atomic E-state index is 12.2. The van der Waals surface area contributed by atoms with Crippen LogP contribution in [0.4, 0.5) is 0 Å². The molecule has 1 aliphatic rings. The standard InChI is InChI=1S/C17H25N3O2/c1-17(2,3)13-4-6-14(7-5-13)22-15(21)12-8-10-20(11-9-12)16(18)19/h4-7,12H,8-11H2,1-3H3,(H3,18,19). The first-order chi connectivity index (χ1) is 10.3. The van der Waals surface area contributed by atoms with Crippen molar-refractivity contribution in [3.63, 3.8) is 0 Å². The van der Waals surface area contributed by atoms with Crippen LogP contribution in [0.25, 0.3) is 0 Å². The molecule has 5 heteroatoms. The van der Waals surface area contributed by atoms with Crippen molar-refractivity contribution in [2.45, 2.75) is 39.0 Å². The minimum absolute atomic E-state index is 0.0737. The molecule has 0 radical (unpaired) electrons. The van der Waals surface area contributed by atoms with Gasteiger partial charge in [0, 0.05) is 13.1 Å². The molecule has 120 valence electrons. The summed E-state index contributed by atoms with van der Waals surface area (Å²) in [5.74, 6) is 0.362. The number of esters is 1. The number of nitrogens with two attached hydrogens (primary N) is 1. The van der Waals surface area contributed by atoms with E-state index < -0.39 is 0 Å². The van der Waals surface area contributed by atoms with Gasteiger partial charge >= 0.3 is 5.97 Å². The Labute approximate surface area is 132 Å². The van der Waals surface area contributed by atoms with E-state index in [1.807, 2.05) is 24.3 Å². The molecule has 0 unspecified atom stereocenters. The molecule has 1 aromatic rings. The molecule has 0 bridgehead atoms. The van der Waals surface area contributed by atoms with E-state index in [1.54, 1.807) is 4.90 Å². The van der Waals surface area contributed by atoms with E-state index in [-0.39, 0.29) is 23.3 Å². The maximum atomic E-state index is 12.2. The molecule has 22 heavy (non-hydrogen) atoms. The number of piperidine rings is 1. The zero-order valence-electron chi connectivity index (χ0n) is 13.6. The van der Waals surface area contributed by atoms with E-state index in [4.69, 9.17) is 15.9 Å². The summed E-state index contributed by atoms with van der Waals surface area (Å²) >= 11 is 0. The SMILES string of the molecule is CC(C)(C)c1ccc(OC(=O)C2CCN(C(=N)N)CC2)cc1. The van der Waals surface area contributed by atoms with Crippen LogP contribution in [0.5, 0.6) is 5.75 Å². The predicted molar refractivity (Wildman–Crippen MR) is 87.0 cm³/mol. The summed E-state index contributed by atoms with van der Waals surface area (Å²) in [6.07, 6.45) is 1.36. The van der Waals surface area contributed by atoms with E-state index in [9.17, 15) is 4.79 Å². The molecule has 0 spiro atoms. The molecule has 1 saturated heterocycles. The zero-order chi connectivity index (χ0) is 16.3. The molecule has 0 aromatic heterocycles. The van der Waals surface area contributed by atoms with Crippen LogP contribution in [-0.4, -0.2) is 29.9 Å². The lowest BCUT2D eigenvalue weighted by Gasteiger charge is -2.30. The van der Waals surface area contributed by atoms with Crippen molar-refractivity contribution in [3.05, 3.63) is 29.8 Å². The van der Waals surface area contributed by atoms with Crippen molar-refractivity contribution >= 4 is 11.9 Å². The minimum atomic E-state index is -0.188. The highest BCUT2D eigenvalue weighted by Crippen LogP contribution is 2.25. The summed E-state index contributed by atoms with van der Waals surface area (Å²) in [7, 11) is 0. The van der Waals surface area contributed by atoms with Crippen molar-refractivity contribution in [2.75, 3.05) is 13.1 Å². The van der Waals surface area contributed by atoms with Crippen molar-refractivity contribution in [1.82, 2.24) is 4.90 Å². The maximum Gasteiger partial charge on any atom is 0.314 e. The van der Waals surface area contributed by atoms with Crippen LogP contribution in [0.15, 0.2) is 24.3 Å². The highest BCUT2D eigenvalue weighted by atomic mass is 16.5. The topological polar surface area (TPSA) is 79.4 Å². The fourth-order valence-electron chi connectivity index (χ4n) is 2.58. The first kappa shape index (κ1) is 16.3. The van der Waals surface area contributed by atoms with Gasteiger partial charge in [0.2, 0.25) is 0 Å². The Balaban J connectivity index is 1.91. The second-order valence-electron chi connectivity index (χ2n) is 6.84. The molecular formula is C17H25N3O2. The lowest BCUT2D eigenvalue weighted by molar-refractivity contribution is -0.140. The van der Waals surface area contributed by atoms with Gasteiger partial charge in [-0.05, 0) is 36.0 Å². The van der Waals surface area contributed by atoms with Crippen molar-refractivity contribution in [1.29, 1.82) is 5.41 Å². The van der Waals surface area contributed by atoms with Crippen LogP contribution in [0.2, 0.25) is 0 Å². The average Bonchev–Trinajstić information content (AvgIpc) is 2.47. The third-order valence-corrected chi connectivity index (χ3v) is 4.11. The number of rotatable bonds is 2. The molecule has 1 aromatic carbocycles. The van der Waals surface area contributed by atoms with Gasteiger partial charge in [-0.25, -0.2) is 0 Å². The van der Waals surface area contributed by atoms with Gasteiger partial charge in [0.25, 0.3) is 0 Å². The van der Waals surface area contributed by atoms with Gasteiger partial charge in [-0.1, -0.05) is 32.9 Å². The number of carbonyl (C=O) groups is 1. The van der Waals surface area contributed by atoms with Crippen LogP contribution in [0.1, 0.15) is 39.2 Å². The third-order valence-electron chi connectivity index (χ3n) is 4.11. The molecule has 3 N–H and O–H groups in total. The fourth-order valence-corrected chi connectivity index (χ4v) is 2.58. The van der Waals surface area contributed by atoms with Crippen LogP contribution in [0, 0.1) is 11.3 Å². The summed E-state index contributed by atoms with van der Waals surface area (Å²) in [5.41, 5.74) is 6.75. The quantitative estimate of drug-likeness (QED) is 0.381. The van der Waals surface area contributed by atoms with E-state index in [0.29, 0.717) is 31.7 Å². The lowest BCUT2D eigenvalue weighted by Crippen LogP contribution is -2.44. The first-order valence-electron chi connectivity index (χ1n) is 7.68. The van der Waals surface area contributed by atoms with Crippen molar-refractivity contribution in [3.8, 4) is 5.75 Å². The van der Waals surface area contributed by atoms with Crippen molar-refractivity contribution in [2.24, 2.45) is 11.7 Å². The van der Waals surface area contributed by atoms with Gasteiger partial charge in [-0.3, -0.25) is 10.2 Å². The smallest absolute Gasteiger partial charge is 0.314 e. The highest BCUT2D eigenvalue weighted by molar-refractivity contribution is 5.77. The lowest BCUT2D eigenvalue weighted by atomic mass is 9.87. The van der Waals surface area contributed by atoms with Gasteiger partial charge in [0.1, 0.15) is 5.75 Å². The molecular weight excluding hydrogens is 278 g/mol. The second kappa shape index (κ2) is 6.38. The monoisotopic (exact) mass is 303 g/mol. The van der Waals surface area contributed by atoms with E-state index in [2.05, 4.69) is 20.8 Å². The molecule has 1 aliphatic heterocycles. The summed E-state index contributed by atoms with van der Waals surface area (Å²) in [6.45, 7) is 7.72. The van der Waals surface area contributed by atoms with Crippen LogP contribution >= 0.6 is 0 Å². The second-order valence-corrected chi connectivity index (χ2v) is 6.84. The number of benzene rings is 1. The Morgan fingerprint density at radius 1 is 1.23 bits per heavy atom. The predicted octanol–water partition coefficient (Wildman–Crippen LogP) is 2.49. The van der Waals surface area contributed by atoms with Crippen molar-refractivity contribution < 1.29 is 9.53 Å². The normalized spacial score (nSPS) is 16.4. The van der Waals surface area contributed by atoms with Crippen LogP contribution < -0.4 is 10.5 Å². The number of guanidine groups is 1. The average molecular weight is 303 g/mol. The first-order valence-corrected chi connectivity index (χ1v) is 7.68. The zero-order valence-corrected chi connectivity index (χ0v) is 13.6. The van der Waals surface area contributed by atoms with E-state index in [0.717, 1.165) is 0 Å². The van der Waals surface area contributed by atoms with Gasteiger partial charge in [-0.15, -0.1) is 0 Å². The summed E-state index contributed by atoms with van der Waals surface area (Å²) in [4.78, 5) is 14.0. The largest absolute Gasteiger partial charge is 0.426 e. The molecule has 0 amide bonds. The Morgan fingerprint density at radius 2 is 1.77 bits per heavy atom. The summed E-state index contributed by atoms with van der Waals surface area (Å²) in [5, 5.41) is 7.40. The van der Waals surface area contributed by atoms with Gasteiger partial charge < -0.3 is 15.4 Å². The van der Waals surface area contributed by atoms with Gasteiger partial charge in [0.15, 0.2) is 5.96 Å². The number of ether oxygens (including phenoxy) is 1. The third kappa shape index (κ3) is 4.00. The number of carbonyl (C=O) groups excluding carboxylic acids is 1. The molecule has 1 fully saturated rings. The van der Waals surface area contributed by atoms with Gasteiger partial charge in [0.05, 0.1) is 5.92 Å². The van der Waals surface area contributed by atoms with Crippen LogP contribution in [-0.2, 0) is 10.2 Å². The fraction of sp³-hybridized carbons (Fsp3) is 0.529. The minimum Gasteiger partial charge on any atom is -0.426 e. The Bertz CT molecular complexity index is 538. The number of likely N-dealkylation sites (tertiary alicyclic amines) is 1. The number of hydrogen-bond donors (Lipinski definition) is 2. The molecule has 0 saturated carbocycles. The molecule has 0 atom stereocenters. The Kier molecular flexibility index (Phi) is 4.74. The molecule has 5 nitrogen and oxygen atoms in total. The highest BCUT2D eigenvalue weighted by Gasteiger charge is 2.27. The number of nitrogens with zero attached hydrogens (tertiary/aromatic N) is 1. The molecule has 2 rings (SSSR count).